The Morgan fingerprint density at radius 3 is 2.57 bits per heavy atom. The highest BCUT2D eigenvalue weighted by Gasteiger charge is 2.32. The van der Waals surface area contributed by atoms with Crippen LogP contribution in [0.3, 0.4) is 0 Å². The van der Waals surface area contributed by atoms with Crippen molar-refractivity contribution in [1.82, 2.24) is 16.0 Å². The predicted octanol–water partition coefficient (Wildman–Crippen LogP) is 0.701. The van der Waals surface area contributed by atoms with Crippen LogP contribution in [0.1, 0.15) is 39.5 Å². The Hall–Kier alpha value is -1.79. The van der Waals surface area contributed by atoms with Gasteiger partial charge in [0.1, 0.15) is 6.04 Å². The fraction of sp³-hybridized carbons (Fsp3) is 0.786. The molecule has 1 saturated carbocycles. The van der Waals surface area contributed by atoms with Crippen molar-refractivity contribution < 1.29 is 19.5 Å². The van der Waals surface area contributed by atoms with E-state index < -0.39 is 18.0 Å². The molecular formula is C14H25N3O4. The number of hydrogen-bond acceptors (Lipinski definition) is 3. The standard InChI is InChI=1S/C14H25N3O4/c1-3-7-15-12(18)9(2)17-14(21)16-8-10-5-4-6-11(10)13(19)20/h9-11H,3-8H2,1-2H3,(H,15,18)(H,19,20)(H2,16,17,21). The van der Waals surface area contributed by atoms with Crippen LogP contribution in [0.15, 0.2) is 0 Å². The van der Waals surface area contributed by atoms with Gasteiger partial charge in [0, 0.05) is 13.1 Å². The quantitative estimate of drug-likeness (QED) is 0.555. The van der Waals surface area contributed by atoms with Gasteiger partial charge in [-0.1, -0.05) is 13.3 Å². The minimum Gasteiger partial charge on any atom is -0.481 e. The van der Waals surface area contributed by atoms with E-state index in [9.17, 15) is 14.4 Å². The van der Waals surface area contributed by atoms with E-state index in [0.717, 1.165) is 19.3 Å². The summed E-state index contributed by atoms with van der Waals surface area (Å²) in [5, 5.41) is 17.0. The summed E-state index contributed by atoms with van der Waals surface area (Å²) in [5.74, 6) is -1.43. The van der Waals surface area contributed by atoms with Gasteiger partial charge in [-0.05, 0) is 32.1 Å². The summed E-state index contributed by atoms with van der Waals surface area (Å²) in [5.41, 5.74) is 0. The molecule has 0 saturated heterocycles. The van der Waals surface area contributed by atoms with Gasteiger partial charge in [0.15, 0.2) is 0 Å². The predicted molar refractivity (Wildman–Crippen MR) is 77.8 cm³/mol. The minimum absolute atomic E-state index is 0.0301. The summed E-state index contributed by atoms with van der Waals surface area (Å²) >= 11 is 0. The molecule has 0 aromatic rings. The molecule has 1 aliphatic rings. The van der Waals surface area contributed by atoms with Gasteiger partial charge in [0.25, 0.3) is 0 Å². The lowest BCUT2D eigenvalue weighted by atomic mass is 9.96. The number of hydrogen-bond donors (Lipinski definition) is 4. The zero-order valence-electron chi connectivity index (χ0n) is 12.6. The van der Waals surface area contributed by atoms with Crippen molar-refractivity contribution in [2.24, 2.45) is 11.8 Å². The highest BCUT2D eigenvalue weighted by atomic mass is 16.4. The van der Waals surface area contributed by atoms with E-state index in [1.54, 1.807) is 6.92 Å². The molecule has 3 amide bonds. The third-order valence-corrected chi connectivity index (χ3v) is 3.79. The summed E-state index contributed by atoms with van der Waals surface area (Å²) in [7, 11) is 0. The van der Waals surface area contributed by atoms with Gasteiger partial charge in [-0.25, -0.2) is 4.79 Å². The second-order valence-electron chi connectivity index (χ2n) is 5.50. The molecule has 21 heavy (non-hydrogen) atoms. The van der Waals surface area contributed by atoms with E-state index in [1.165, 1.54) is 0 Å². The van der Waals surface area contributed by atoms with Gasteiger partial charge in [-0.15, -0.1) is 0 Å². The number of rotatable bonds is 7. The first-order chi connectivity index (χ1) is 9.95. The SMILES string of the molecule is CCCNC(=O)C(C)NC(=O)NCC1CCCC1C(=O)O. The minimum atomic E-state index is -0.799. The van der Waals surface area contributed by atoms with Crippen molar-refractivity contribution in [3.05, 3.63) is 0 Å². The number of amides is 3. The van der Waals surface area contributed by atoms with Crippen LogP contribution >= 0.6 is 0 Å². The van der Waals surface area contributed by atoms with Crippen molar-refractivity contribution in [2.45, 2.75) is 45.6 Å². The molecule has 7 heteroatoms. The Balaban J connectivity index is 2.30. The van der Waals surface area contributed by atoms with Crippen LogP contribution in [0.5, 0.6) is 0 Å². The first-order valence-corrected chi connectivity index (χ1v) is 7.50. The summed E-state index contributed by atoms with van der Waals surface area (Å²) in [6, 6.07) is -1.06. The maximum absolute atomic E-state index is 11.7. The fourth-order valence-corrected chi connectivity index (χ4v) is 2.54. The summed E-state index contributed by atoms with van der Waals surface area (Å²) in [6.45, 7) is 4.46. The number of carboxylic acid groups (broad SMARTS) is 1. The van der Waals surface area contributed by atoms with E-state index >= 15 is 0 Å². The summed E-state index contributed by atoms with van der Waals surface area (Å²) < 4.78 is 0. The maximum Gasteiger partial charge on any atom is 0.315 e. The van der Waals surface area contributed by atoms with Crippen LogP contribution in [0.2, 0.25) is 0 Å². The molecule has 0 radical (unpaired) electrons. The smallest absolute Gasteiger partial charge is 0.315 e. The maximum atomic E-state index is 11.7. The highest BCUT2D eigenvalue weighted by molar-refractivity contribution is 5.86. The number of carbonyl (C=O) groups excluding carboxylic acids is 2. The van der Waals surface area contributed by atoms with E-state index in [0.29, 0.717) is 19.5 Å². The van der Waals surface area contributed by atoms with Gasteiger partial charge < -0.3 is 21.1 Å². The molecule has 4 N–H and O–H groups in total. The number of aliphatic carboxylic acids is 1. The highest BCUT2D eigenvalue weighted by Crippen LogP contribution is 2.31. The van der Waals surface area contributed by atoms with Gasteiger partial charge in [0.05, 0.1) is 5.92 Å². The lowest BCUT2D eigenvalue weighted by Gasteiger charge is -2.18. The van der Waals surface area contributed by atoms with Gasteiger partial charge in [-0.2, -0.15) is 0 Å². The molecule has 0 spiro atoms. The molecule has 1 fully saturated rings. The molecular weight excluding hydrogens is 274 g/mol. The number of carbonyl (C=O) groups is 3. The second kappa shape index (κ2) is 8.49. The molecule has 0 heterocycles. The van der Waals surface area contributed by atoms with Crippen molar-refractivity contribution in [1.29, 1.82) is 0 Å². The molecule has 0 aromatic carbocycles. The van der Waals surface area contributed by atoms with Crippen LogP contribution in [0.25, 0.3) is 0 Å². The number of urea groups is 1. The molecule has 0 aromatic heterocycles. The summed E-state index contributed by atoms with van der Waals surface area (Å²) in [6.07, 6.45) is 3.19. The van der Waals surface area contributed by atoms with E-state index in [4.69, 9.17) is 5.11 Å². The van der Waals surface area contributed by atoms with Crippen LogP contribution in [0, 0.1) is 11.8 Å². The average molecular weight is 299 g/mol. The van der Waals surface area contributed by atoms with E-state index in [-0.39, 0.29) is 17.7 Å². The lowest BCUT2D eigenvalue weighted by Crippen LogP contribution is -2.49. The molecule has 3 unspecified atom stereocenters. The molecule has 120 valence electrons. The van der Waals surface area contributed by atoms with Crippen LogP contribution in [-0.4, -0.2) is 42.1 Å². The Labute approximate surface area is 124 Å². The van der Waals surface area contributed by atoms with E-state index in [2.05, 4.69) is 16.0 Å². The van der Waals surface area contributed by atoms with Crippen molar-refractivity contribution in [3.8, 4) is 0 Å². The topological polar surface area (TPSA) is 108 Å². The number of carboxylic acids is 1. The fourth-order valence-electron chi connectivity index (χ4n) is 2.54. The zero-order chi connectivity index (χ0) is 15.8. The Kier molecular flexibility index (Phi) is 6.98. The molecule has 3 atom stereocenters. The monoisotopic (exact) mass is 299 g/mol. The van der Waals surface area contributed by atoms with Gasteiger partial charge in [0.2, 0.25) is 5.91 Å². The van der Waals surface area contributed by atoms with Crippen LogP contribution in [-0.2, 0) is 9.59 Å². The summed E-state index contributed by atoms with van der Waals surface area (Å²) in [4.78, 5) is 34.4. The first-order valence-electron chi connectivity index (χ1n) is 7.50. The second-order valence-corrected chi connectivity index (χ2v) is 5.50. The van der Waals surface area contributed by atoms with Gasteiger partial charge >= 0.3 is 12.0 Å². The molecule has 7 nitrogen and oxygen atoms in total. The molecule has 0 bridgehead atoms. The number of nitrogens with one attached hydrogen (secondary N) is 3. The Bertz CT molecular complexity index is 386. The largest absolute Gasteiger partial charge is 0.481 e. The first kappa shape index (κ1) is 17.3. The van der Waals surface area contributed by atoms with Crippen molar-refractivity contribution in [2.75, 3.05) is 13.1 Å². The molecule has 1 rings (SSSR count). The normalized spacial score (nSPS) is 22.4. The third-order valence-electron chi connectivity index (χ3n) is 3.79. The Morgan fingerprint density at radius 1 is 1.24 bits per heavy atom. The van der Waals surface area contributed by atoms with Crippen LogP contribution < -0.4 is 16.0 Å². The lowest BCUT2D eigenvalue weighted by molar-refractivity contribution is -0.142. The van der Waals surface area contributed by atoms with E-state index in [1.807, 2.05) is 6.92 Å². The zero-order valence-corrected chi connectivity index (χ0v) is 12.6. The third kappa shape index (κ3) is 5.61. The Morgan fingerprint density at radius 2 is 1.95 bits per heavy atom. The average Bonchev–Trinajstić information content (AvgIpc) is 2.91. The molecule has 0 aliphatic heterocycles. The molecule has 1 aliphatic carbocycles. The van der Waals surface area contributed by atoms with Crippen LogP contribution in [0.4, 0.5) is 4.79 Å². The van der Waals surface area contributed by atoms with Crippen molar-refractivity contribution in [3.63, 3.8) is 0 Å². The van der Waals surface area contributed by atoms with Crippen molar-refractivity contribution >= 4 is 17.9 Å². The van der Waals surface area contributed by atoms with Gasteiger partial charge in [-0.3, -0.25) is 9.59 Å².